The van der Waals surface area contributed by atoms with Gasteiger partial charge in [-0.3, -0.25) is 10.1 Å². The molecule has 0 bridgehead atoms. The number of nitrogens with one attached hydrogen (secondary N) is 1. The second-order valence-electron chi connectivity index (χ2n) is 4.17. The number of nitro groups is 1. The Morgan fingerprint density at radius 2 is 2.05 bits per heavy atom. The van der Waals surface area contributed by atoms with Gasteiger partial charge in [0.1, 0.15) is 11.6 Å². The van der Waals surface area contributed by atoms with E-state index in [1.807, 2.05) is 0 Å². The molecule has 2 aromatic rings. The van der Waals surface area contributed by atoms with E-state index in [0.717, 1.165) is 0 Å². The average molecular weight is 274 g/mol. The number of nitro benzene ring substituents is 1. The highest BCUT2D eigenvalue weighted by Crippen LogP contribution is 2.34. The second-order valence-corrected chi connectivity index (χ2v) is 4.17. The van der Waals surface area contributed by atoms with E-state index in [2.05, 4.69) is 15.3 Å². The van der Waals surface area contributed by atoms with E-state index < -0.39 is 4.92 Å². The first-order valence-corrected chi connectivity index (χ1v) is 5.96. The van der Waals surface area contributed by atoms with Gasteiger partial charge in [-0.25, -0.2) is 4.98 Å². The Labute approximate surface area is 115 Å². The smallest absolute Gasteiger partial charge is 0.311 e. The predicted octanol–water partition coefficient (Wildman–Crippen LogP) is 2.84. The van der Waals surface area contributed by atoms with Gasteiger partial charge in [-0.2, -0.15) is 4.98 Å². The van der Waals surface area contributed by atoms with Crippen molar-refractivity contribution in [1.29, 1.82) is 0 Å². The zero-order valence-corrected chi connectivity index (χ0v) is 11.4. The van der Waals surface area contributed by atoms with E-state index in [-0.39, 0.29) is 17.3 Å². The average Bonchev–Trinajstić information content (AvgIpc) is 2.40. The van der Waals surface area contributed by atoms with Gasteiger partial charge in [0, 0.05) is 19.2 Å². The van der Waals surface area contributed by atoms with Crippen molar-refractivity contribution >= 4 is 11.5 Å². The Morgan fingerprint density at radius 1 is 1.30 bits per heavy atom. The van der Waals surface area contributed by atoms with E-state index in [4.69, 9.17) is 4.74 Å². The second kappa shape index (κ2) is 5.52. The van der Waals surface area contributed by atoms with Gasteiger partial charge in [0.05, 0.1) is 4.92 Å². The Morgan fingerprint density at radius 3 is 2.70 bits per heavy atom. The molecule has 0 saturated heterocycles. The Balaban J connectivity index is 2.44. The fraction of sp³-hybridized carbons (Fsp3) is 0.231. The largest absolute Gasteiger partial charge is 0.431 e. The highest BCUT2D eigenvalue weighted by atomic mass is 16.6. The summed E-state index contributed by atoms with van der Waals surface area (Å²) in [6.07, 6.45) is 0. The van der Waals surface area contributed by atoms with Crippen molar-refractivity contribution in [1.82, 2.24) is 9.97 Å². The monoisotopic (exact) mass is 274 g/mol. The zero-order chi connectivity index (χ0) is 14.7. The summed E-state index contributed by atoms with van der Waals surface area (Å²) in [6, 6.07) is 6.35. The molecule has 0 amide bonds. The van der Waals surface area contributed by atoms with Crippen LogP contribution in [-0.2, 0) is 0 Å². The minimum absolute atomic E-state index is 0.0905. The lowest BCUT2D eigenvalue weighted by molar-refractivity contribution is -0.385. The van der Waals surface area contributed by atoms with Gasteiger partial charge in [-0.05, 0) is 19.4 Å². The van der Waals surface area contributed by atoms with Crippen molar-refractivity contribution < 1.29 is 9.66 Å². The summed E-state index contributed by atoms with van der Waals surface area (Å²) < 4.78 is 5.59. The normalized spacial score (nSPS) is 10.2. The van der Waals surface area contributed by atoms with Gasteiger partial charge < -0.3 is 10.1 Å². The first-order chi connectivity index (χ1) is 9.51. The van der Waals surface area contributed by atoms with Gasteiger partial charge in [-0.15, -0.1) is 0 Å². The van der Waals surface area contributed by atoms with Gasteiger partial charge in [0.25, 0.3) is 0 Å². The van der Waals surface area contributed by atoms with Crippen LogP contribution in [0.15, 0.2) is 24.3 Å². The lowest BCUT2D eigenvalue weighted by atomic mass is 10.2. The van der Waals surface area contributed by atoms with Crippen LogP contribution in [0.25, 0.3) is 0 Å². The fourth-order valence-corrected chi connectivity index (χ4v) is 1.74. The van der Waals surface area contributed by atoms with Crippen molar-refractivity contribution in [3.8, 4) is 11.6 Å². The topological polar surface area (TPSA) is 90.2 Å². The molecule has 0 radical (unpaired) electrons. The number of para-hydroxylation sites is 1. The summed E-state index contributed by atoms with van der Waals surface area (Å²) in [4.78, 5) is 18.8. The van der Waals surface area contributed by atoms with Crippen LogP contribution >= 0.6 is 0 Å². The molecule has 0 aliphatic rings. The summed E-state index contributed by atoms with van der Waals surface area (Å²) in [7, 11) is 1.72. The number of anilines is 1. The summed E-state index contributed by atoms with van der Waals surface area (Å²) in [6.45, 7) is 3.47. The molecule has 1 heterocycles. The van der Waals surface area contributed by atoms with E-state index in [1.165, 1.54) is 6.07 Å². The van der Waals surface area contributed by atoms with Crippen molar-refractivity contribution in [2.45, 2.75) is 13.8 Å². The van der Waals surface area contributed by atoms with E-state index >= 15 is 0 Å². The van der Waals surface area contributed by atoms with Crippen LogP contribution in [0.4, 0.5) is 11.5 Å². The highest BCUT2D eigenvalue weighted by Gasteiger charge is 2.18. The summed E-state index contributed by atoms with van der Waals surface area (Å²) in [5.74, 6) is 1.56. The van der Waals surface area contributed by atoms with Crippen LogP contribution in [0, 0.1) is 24.0 Å². The van der Waals surface area contributed by atoms with Gasteiger partial charge >= 0.3 is 5.69 Å². The molecule has 0 unspecified atom stereocenters. The first-order valence-electron chi connectivity index (χ1n) is 5.96. The summed E-state index contributed by atoms with van der Waals surface area (Å²) in [5, 5.41) is 13.9. The minimum atomic E-state index is -0.477. The van der Waals surface area contributed by atoms with Crippen LogP contribution in [0.2, 0.25) is 0 Å². The molecule has 2 rings (SSSR count). The van der Waals surface area contributed by atoms with Crippen LogP contribution in [0.3, 0.4) is 0 Å². The van der Waals surface area contributed by atoms with Crippen LogP contribution < -0.4 is 10.1 Å². The molecule has 0 saturated carbocycles. The molecule has 7 nitrogen and oxygen atoms in total. The number of hydrogen-bond acceptors (Lipinski definition) is 6. The summed E-state index contributed by atoms with van der Waals surface area (Å²) in [5.41, 5.74) is 0.578. The van der Waals surface area contributed by atoms with Gasteiger partial charge in [0.2, 0.25) is 11.6 Å². The van der Waals surface area contributed by atoms with Gasteiger partial charge in [-0.1, -0.05) is 12.1 Å². The molecule has 1 aromatic carbocycles. The molecule has 0 atom stereocenters. The maximum absolute atomic E-state index is 11.0. The third kappa shape index (κ3) is 2.82. The lowest BCUT2D eigenvalue weighted by Gasteiger charge is -2.09. The number of hydrogen-bond donors (Lipinski definition) is 1. The fourth-order valence-electron chi connectivity index (χ4n) is 1.74. The number of benzene rings is 1. The predicted molar refractivity (Wildman–Crippen MR) is 74.2 cm³/mol. The molecule has 1 N–H and O–H groups in total. The van der Waals surface area contributed by atoms with E-state index in [0.29, 0.717) is 17.2 Å². The highest BCUT2D eigenvalue weighted by molar-refractivity contribution is 5.53. The number of nitrogens with zero attached hydrogens (tertiary/aromatic N) is 3. The number of aromatic nitrogens is 2. The quantitative estimate of drug-likeness (QED) is 0.681. The molecule has 7 heteroatoms. The lowest BCUT2D eigenvalue weighted by Crippen LogP contribution is -2.01. The maximum Gasteiger partial charge on any atom is 0.311 e. The third-order valence-electron chi connectivity index (χ3n) is 2.67. The standard InChI is InChI=1S/C13H14N4O3/c1-8-5-4-6-10(17(18)19)13(8)20-12-7-11(14-3)15-9(2)16-12/h4-7H,1-3H3,(H,14,15,16). The molecule has 0 aliphatic heterocycles. The van der Waals surface area contributed by atoms with E-state index in [1.54, 1.807) is 39.1 Å². The number of aryl methyl sites for hydroxylation is 2. The number of ether oxygens (including phenoxy) is 1. The Hall–Kier alpha value is -2.70. The molecule has 0 aliphatic carbocycles. The van der Waals surface area contributed by atoms with Crippen molar-refractivity contribution in [3.63, 3.8) is 0 Å². The van der Waals surface area contributed by atoms with Crippen LogP contribution in [0.1, 0.15) is 11.4 Å². The molecule has 104 valence electrons. The minimum Gasteiger partial charge on any atom is -0.431 e. The maximum atomic E-state index is 11.0. The van der Waals surface area contributed by atoms with Crippen molar-refractivity contribution in [2.75, 3.05) is 12.4 Å². The third-order valence-corrected chi connectivity index (χ3v) is 2.67. The van der Waals surface area contributed by atoms with Gasteiger partial charge in [0.15, 0.2) is 0 Å². The Bertz CT molecular complexity index is 658. The molecule has 0 spiro atoms. The Kier molecular flexibility index (Phi) is 3.79. The first kappa shape index (κ1) is 13.7. The molecule has 1 aromatic heterocycles. The van der Waals surface area contributed by atoms with Crippen molar-refractivity contribution in [2.24, 2.45) is 0 Å². The van der Waals surface area contributed by atoms with Crippen LogP contribution in [0.5, 0.6) is 11.6 Å². The molecular formula is C13H14N4O3. The SMILES string of the molecule is CNc1cc(Oc2c(C)cccc2[N+](=O)[O-])nc(C)n1. The molecule has 20 heavy (non-hydrogen) atoms. The van der Waals surface area contributed by atoms with Crippen LogP contribution in [-0.4, -0.2) is 21.9 Å². The van der Waals surface area contributed by atoms with Crippen molar-refractivity contribution in [3.05, 3.63) is 45.8 Å². The molecule has 0 fully saturated rings. The summed E-state index contributed by atoms with van der Waals surface area (Å²) >= 11 is 0. The van der Waals surface area contributed by atoms with E-state index in [9.17, 15) is 10.1 Å². The molecular weight excluding hydrogens is 260 g/mol. The zero-order valence-electron chi connectivity index (χ0n) is 11.4. The number of rotatable bonds is 4.